The van der Waals surface area contributed by atoms with Crippen molar-refractivity contribution in [3.05, 3.63) is 10.5 Å². The number of amides is 1. The van der Waals surface area contributed by atoms with Gasteiger partial charge in [0.1, 0.15) is 11.5 Å². The van der Waals surface area contributed by atoms with E-state index in [1.165, 1.54) is 11.8 Å². The van der Waals surface area contributed by atoms with E-state index in [1.54, 1.807) is 11.8 Å². The number of rotatable bonds is 2. The van der Waals surface area contributed by atoms with Crippen molar-refractivity contribution in [3.8, 4) is 0 Å². The molecule has 22 heavy (non-hydrogen) atoms. The summed E-state index contributed by atoms with van der Waals surface area (Å²) in [6, 6.07) is 0. The molecular formula is C15H24N2O4S. The minimum Gasteiger partial charge on any atom is -0.465 e. The van der Waals surface area contributed by atoms with Crippen molar-refractivity contribution in [2.24, 2.45) is 11.7 Å². The second kappa shape index (κ2) is 6.50. The highest BCUT2D eigenvalue weighted by Gasteiger charge is 2.42. The van der Waals surface area contributed by atoms with Crippen molar-refractivity contribution >= 4 is 23.8 Å². The molecule has 0 radical (unpaired) electrons. The average Bonchev–Trinajstić information content (AvgIpc) is 2.71. The van der Waals surface area contributed by atoms with Crippen LogP contribution in [-0.2, 0) is 14.3 Å². The largest absolute Gasteiger partial charge is 0.465 e. The summed E-state index contributed by atoms with van der Waals surface area (Å²) in [6.45, 7) is 8.66. The van der Waals surface area contributed by atoms with Crippen molar-refractivity contribution in [3.63, 3.8) is 0 Å². The van der Waals surface area contributed by atoms with Gasteiger partial charge in [0.25, 0.3) is 0 Å². The molecule has 0 saturated carbocycles. The van der Waals surface area contributed by atoms with Crippen LogP contribution in [0.25, 0.3) is 0 Å². The fraction of sp³-hybridized carbons (Fsp3) is 0.733. The lowest BCUT2D eigenvalue weighted by Crippen LogP contribution is -2.41. The molecule has 2 aliphatic rings. The van der Waals surface area contributed by atoms with Crippen LogP contribution < -0.4 is 5.73 Å². The highest BCUT2D eigenvalue weighted by atomic mass is 32.2. The second-order valence-corrected chi connectivity index (χ2v) is 7.69. The minimum atomic E-state index is -0.515. The zero-order chi connectivity index (χ0) is 16.5. The summed E-state index contributed by atoms with van der Waals surface area (Å²) in [4.78, 5) is 26.9. The van der Waals surface area contributed by atoms with E-state index in [0.717, 1.165) is 10.5 Å². The number of nitrogens with zero attached hydrogens (tertiary/aromatic N) is 1. The molecule has 0 bridgehead atoms. The molecule has 0 aromatic carbocycles. The van der Waals surface area contributed by atoms with E-state index >= 15 is 0 Å². The molecule has 0 aromatic rings. The summed E-state index contributed by atoms with van der Waals surface area (Å²) in [5, 5.41) is -0.331. The van der Waals surface area contributed by atoms with Gasteiger partial charge in [0.15, 0.2) is 0 Å². The molecule has 1 amide bonds. The summed E-state index contributed by atoms with van der Waals surface area (Å²) in [7, 11) is 0. The standard InChI is InChI=1S/C15H24N2O4S/c1-5-20-13(18)11-9-6-7-17(8-10(9)22-12(11)16)14(19)21-15(2,3)4/h11-12H,5-8,16H2,1-4H3/t11-,12+/m1/s1. The molecule has 7 heteroatoms. The number of hydrogen-bond acceptors (Lipinski definition) is 6. The van der Waals surface area contributed by atoms with E-state index in [0.29, 0.717) is 26.1 Å². The van der Waals surface area contributed by atoms with E-state index < -0.39 is 5.60 Å². The van der Waals surface area contributed by atoms with Crippen LogP contribution in [0.2, 0.25) is 0 Å². The molecule has 0 unspecified atom stereocenters. The number of nitrogens with two attached hydrogens (primary N) is 1. The van der Waals surface area contributed by atoms with Crippen LogP contribution >= 0.6 is 11.8 Å². The zero-order valence-electron chi connectivity index (χ0n) is 13.5. The number of hydrogen-bond donors (Lipinski definition) is 1. The predicted molar refractivity (Wildman–Crippen MR) is 85.1 cm³/mol. The monoisotopic (exact) mass is 328 g/mol. The molecule has 2 atom stereocenters. The molecule has 2 N–H and O–H groups in total. The summed E-state index contributed by atoms with van der Waals surface area (Å²) in [5.41, 5.74) is 6.59. The Morgan fingerprint density at radius 3 is 2.68 bits per heavy atom. The molecule has 2 heterocycles. The third-order valence-electron chi connectivity index (χ3n) is 3.52. The maximum absolute atomic E-state index is 12.2. The van der Waals surface area contributed by atoms with Crippen LogP contribution in [0.1, 0.15) is 34.1 Å². The van der Waals surface area contributed by atoms with Gasteiger partial charge in [0, 0.05) is 11.4 Å². The quantitative estimate of drug-likeness (QED) is 0.782. The van der Waals surface area contributed by atoms with Gasteiger partial charge in [-0.2, -0.15) is 0 Å². The fourth-order valence-corrected chi connectivity index (χ4v) is 3.96. The fourth-order valence-electron chi connectivity index (χ4n) is 2.61. The third-order valence-corrected chi connectivity index (χ3v) is 4.74. The van der Waals surface area contributed by atoms with Gasteiger partial charge in [-0.05, 0) is 39.7 Å². The van der Waals surface area contributed by atoms with Crippen LogP contribution in [0.15, 0.2) is 10.5 Å². The Balaban J connectivity index is 2.07. The van der Waals surface area contributed by atoms with E-state index in [2.05, 4.69) is 0 Å². The number of carbonyl (C=O) groups excluding carboxylic acids is 2. The lowest BCUT2D eigenvalue weighted by molar-refractivity contribution is -0.146. The van der Waals surface area contributed by atoms with E-state index in [-0.39, 0.29) is 23.4 Å². The Kier molecular flexibility index (Phi) is 5.07. The van der Waals surface area contributed by atoms with Crippen molar-refractivity contribution in [2.45, 2.75) is 45.1 Å². The topological polar surface area (TPSA) is 81.9 Å². The first kappa shape index (κ1) is 17.1. The molecule has 0 spiro atoms. The predicted octanol–water partition coefficient (Wildman–Crippen LogP) is 2.09. The van der Waals surface area contributed by atoms with Gasteiger partial charge >= 0.3 is 12.1 Å². The molecule has 6 nitrogen and oxygen atoms in total. The number of esters is 1. The van der Waals surface area contributed by atoms with Crippen molar-refractivity contribution < 1.29 is 19.1 Å². The molecule has 0 aliphatic carbocycles. The van der Waals surface area contributed by atoms with Gasteiger partial charge in [-0.3, -0.25) is 4.79 Å². The Bertz CT molecular complexity index is 498. The van der Waals surface area contributed by atoms with Gasteiger partial charge in [-0.1, -0.05) is 0 Å². The average molecular weight is 328 g/mol. The Morgan fingerprint density at radius 2 is 2.09 bits per heavy atom. The van der Waals surface area contributed by atoms with Gasteiger partial charge in [-0.25, -0.2) is 4.79 Å². The van der Waals surface area contributed by atoms with Crippen LogP contribution in [0.4, 0.5) is 4.79 Å². The van der Waals surface area contributed by atoms with E-state index in [1.807, 2.05) is 20.8 Å². The van der Waals surface area contributed by atoms with Gasteiger partial charge < -0.3 is 20.1 Å². The normalized spacial score (nSPS) is 25.0. The molecular weight excluding hydrogens is 304 g/mol. The summed E-state index contributed by atoms with van der Waals surface area (Å²) >= 11 is 1.46. The summed E-state index contributed by atoms with van der Waals surface area (Å²) in [6.07, 6.45) is 0.312. The minimum absolute atomic E-state index is 0.266. The molecule has 0 fully saturated rings. The molecule has 0 aromatic heterocycles. The van der Waals surface area contributed by atoms with Crippen LogP contribution in [0.5, 0.6) is 0 Å². The highest BCUT2D eigenvalue weighted by Crippen LogP contribution is 2.44. The van der Waals surface area contributed by atoms with Gasteiger partial charge in [-0.15, -0.1) is 11.8 Å². The van der Waals surface area contributed by atoms with Crippen LogP contribution in [0.3, 0.4) is 0 Å². The smallest absolute Gasteiger partial charge is 0.410 e. The molecule has 0 saturated heterocycles. The first-order valence-corrected chi connectivity index (χ1v) is 8.39. The van der Waals surface area contributed by atoms with Crippen molar-refractivity contribution in [1.29, 1.82) is 0 Å². The molecule has 2 rings (SSSR count). The van der Waals surface area contributed by atoms with Gasteiger partial charge in [0.05, 0.1) is 18.5 Å². The third kappa shape index (κ3) is 3.76. The van der Waals surface area contributed by atoms with Gasteiger partial charge in [0.2, 0.25) is 0 Å². The lowest BCUT2D eigenvalue weighted by atomic mass is 9.93. The Hall–Kier alpha value is -1.21. The SMILES string of the molecule is CCOC(=O)[C@@H]1C2=C(CN(C(=O)OC(C)(C)C)CC2)S[C@@H]1N. The number of ether oxygens (including phenoxy) is 2. The van der Waals surface area contributed by atoms with E-state index in [4.69, 9.17) is 15.2 Å². The maximum atomic E-state index is 12.2. The lowest BCUT2D eigenvalue weighted by Gasteiger charge is -2.31. The Morgan fingerprint density at radius 1 is 1.41 bits per heavy atom. The number of carbonyl (C=O) groups is 2. The van der Waals surface area contributed by atoms with Crippen LogP contribution in [0, 0.1) is 5.92 Å². The Labute approximate surface area is 135 Å². The number of thioether (sulfide) groups is 1. The molecule has 2 aliphatic heterocycles. The first-order chi connectivity index (χ1) is 10.2. The van der Waals surface area contributed by atoms with Crippen LogP contribution in [-0.4, -0.2) is 47.6 Å². The summed E-state index contributed by atoms with van der Waals surface area (Å²) in [5.74, 6) is -0.654. The second-order valence-electron chi connectivity index (χ2n) is 6.41. The summed E-state index contributed by atoms with van der Waals surface area (Å²) < 4.78 is 10.5. The van der Waals surface area contributed by atoms with E-state index in [9.17, 15) is 9.59 Å². The van der Waals surface area contributed by atoms with Crippen molar-refractivity contribution in [2.75, 3.05) is 19.7 Å². The highest BCUT2D eigenvalue weighted by molar-refractivity contribution is 8.04. The zero-order valence-corrected chi connectivity index (χ0v) is 14.4. The van der Waals surface area contributed by atoms with Crippen molar-refractivity contribution in [1.82, 2.24) is 4.90 Å². The first-order valence-electron chi connectivity index (χ1n) is 7.51. The molecule has 124 valence electrons. The maximum Gasteiger partial charge on any atom is 0.410 e.